The van der Waals surface area contributed by atoms with Crippen LogP contribution in [0.25, 0.3) is 0 Å². The van der Waals surface area contributed by atoms with E-state index in [4.69, 9.17) is 9.47 Å². The molecule has 0 aliphatic heterocycles. The molecule has 0 aliphatic carbocycles. The molecule has 1 aromatic carbocycles. The van der Waals surface area contributed by atoms with Crippen LogP contribution < -0.4 is 14.8 Å². The van der Waals surface area contributed by atoms with Gasteiger partial charge in [0.25, 0.3) is 0 Å². The Labute approximate surface area is 118 Å². The van der Waals surface area contributed by atoms with Gasteiger partial charge >= 0.3 is 0 Å². The first-order chi connectivity index (χ1) is 8.65. The zero-order chi connectivity index (χ0) is 13.5. The van der Waals surface area contributed by atoms with Crippen LogP contribution in [0.2, 0.25) is 0 Å². The highest BCUT2D eigenvalue weighted by Gasteiger charge is 2.11. The maximum Gasteiger partial charge on any atom is 0.174 e. The van der Waals surface area contributed by atoms with Crippen LogP contribution in [0.4, 0.5) is 0 Å². The first-order valence-electron chi connectivity index (χ1n) is 6.29. The van der Waals surface area contributed by atoms with Gasteiger partial charge in [0.15, 0.2) is 11.5 Å². The summed E-state index contributed by atoms with van der Waals surface area (Å²) in [5.41, 5.74) is 1.19. The Morgan fingerprint density at radius 3 is 2.33 bits per heavy atom. The minimum atomic E-state index is 0.567. The average Bonchev–Trinajstić information content (AvgIpc) is 2.39. The van der Waals surface area contributed by atoms with E-state index in [1.54, 1.807) is 14.2 Å². The van der Waals surface area contributed by atoms with Crippen molar-refractivity contribution in [3.8, 4) is 11.5 Å². The number of hydrogen-bond donors (Lipinski definition) is 1. The van der Waals surface area contributed by atoms with Crippen molar-refractivity contribution < 1.29 is 9.47 Å². The highest BCUT2D eigenvalue weighted by molar-refractivity contribution is 9.10. The summed E-state index contributed by atoms with van der Waals surface area (Å²) >= 11 is 3.51. The van der Waals surface area contributed by atoms with E-state index in [2.05, 4.69) is 41.2 Å². The molecule has 0 saturated heterocycles. The van der Waals surface area contributed by atoms with E-state index >= 15 is 0 Å². The summed E-state index contributed by atoms with van der Waals surface area (Å²) in [4.78, 5) is 0. The maximum absolute atomic E-state index is 5.33. The van der Waals surface area contributed by atoms with E-state index in [-0.39, 0.29) is 0 Å². The van der Waals surface area contributed by atoms with E-state index < -0.39 is 0 Å². The van der Waals surface area contributed by atoms with Crippen molar-refractivity contribution in [1.82, 2.24) is 5.32 Å². The number of hydrogen-bond acceptors (Lipinski definition) is 3. The standard InChI is InChI=1S/C14H22BrNO2/c1-5-11(6-2)16-9-10-7-12(15)14(18-4)13(8-10)17-3/h7-8,11,16H,5-6,9H2,1-4H3. The van der Waals surface area contributed by atoms with Crippen LogP contribution in [0.15, 0.2) is 16.6 Å². The van der Waals surface area contributed by atoms with E-state index in [0.29, 0.717) is 6.04 Å². The Kier molecular flexibility index (Phi) is 6.50. The Morgan fingerprint density at radius 2 is 1.83 bits per heavy atom. The molecule has 0 fully saturated rings. The topological polar surface area (TPSA) is 30.5 Å². The third-order valence-electron chi connectivity index (χ3n) is 3.07. The van der Waals surface area contributed by atoms with Gasteiger partial charge in [-0.05, 0) is 46.5 Å². The highest BCUT2D eigenvalue weighted by Crippen LogP contribution is 2.36. The number of halogens is 1. The van der Waals surface area contributed by atoms with E-state index in [1.165, 1.54) is 5.56 Å². The second-order valence-corrected chi connectivity index (χ2v) is 5.06. The molecule has 1 rings (SSSR count). The first kappa shape index (κ1) is 15.3. The van der Waals surface area contributed by atoms with Crippen molar-refractivity contribution in [2.24, 2.45) is 0 Å². The summed E-state index contributed by atoms with van der Waals surface area (Å²) in [6.45, 7) is 5.24. The maximum atomic E-state index is 5.33. The first-order valence-corrected chi connectivity index (χ1v) is 7.09. The summed E-state index contributed by atoms with van der Waals surface area (Å²) in [5, 5.41) is 3.53. The summed E-state index contributed by atoms with van der Waals surface area (Å²) in [6.07, 6.45) is 2.29. The van der Waals surface area contributed by atoms with Crippen LogP contribution in [0, 0.1) is 0 Å². The van der Waals surface area contributed by atoms with Crippen molar-refractivity contribution in [3.63, 3.8) is 0 Å². The summed E-state index contributed by atoms with van der Waals surface area (Å²) in [7, 11) is 3.30. The Balaban J connectivity index is 2.81. The molecule has 0 saturated carbocycles. The summed E-state index contributed by atoms with van der Waals surface area (Å²) < 4.78 is 11.6. The lowest BCUT2D eigenvalue weighted by atomic mass is 10.1. The monoisotopic (exact) mass is 315 g/mol. The molecular weight excluding hydrogens is 294 g/mol. The van der Waals surface area contributed by atoms with Crippen molar-refractivity contribution in [2.45, 2.75) is 39.3 Å². The molecule has 1 N–H and O–H groups in total. The molecule has 0 bridgehead atoms. The van der Waals surface area contributed by atoms with E-state index in [0.717, 1.165) is 35.4 Å². The van der Waals surface area contributed by atoms with Crippen LogP contribution in [0.3, 0.4) is 0 Å². The lowest BCUT2D eigenvalue weighted by molar-refractivity contribution is 0.352. The number of methoxy groups -OCH3 is 2. The molecule has 0 aromatic heterocycles. The van der Waals surface area contributed by atoms with Crippen LogP contribution >= 0.6 is 15.9 Å². The van der Waals surface area contributed by atoms with Gasteiger partial charge < -0.3 is 14.8 Å². The zero-order valence-electron chi connectivity index (χ0n) is 11.5. The molecule has 4 heteroatoms. The summed E-state index contributed by atoms with van der Waals surface area (Å²) in [6, 6.07) is 4.65. The van der Waals surface area contributed by atoms with E-state index in [9.17, 15) is 0 Å². The molecule has 0 atom stereocenters. The normalized spacial score (nSPS) is 10.8. The van der Waals surface area contributed by atoms with Crippen molar-refractivity contribution >= 4 is 15.9 Å². The fourth-order valence-electron chi connectivity index (χ4n) is 1.91. The number of ether oxygens (including phenoxy) is 2. The van der Waals surface area contributed by atoms with Gasteiger partial charge in [-0.25, -0.2) is 0 Å². The van der Waals surface area contributed by atoms with Gasteiger partial charge in [-0.3, -0.25) is 0 Å². The molecule has 0 amide bonds. The minimum absolute atomic E-state index is 0.567. The largest absolute Gasteiger partial charge is 0.493 e. The number of benzene rings is 1. The predicted octanol–water partition coefficient (Wildman–Crippen LogP) is 3.74. The van der Waals surface area contributed by atoms with Crippen molar-refractivity contribution in [1.29, 1.82) is 0 Å². The molecule has 0 unspecified atom stereocenters. The second kappa shape index (κ2) is 7.64. The second-order valence-electron chi connectivity index (χ2n) is 4.21. The van der Waals surface area contributed by atoms with Gasteiger partial charge in [-0.2, -0.15) is 0 Å². The quantitative estimate of drug-likeness (QED) is 0.831. The third-order valence-corrected chi connectivity index (χ3v) is 3.66. The van der Waals surface area contributed by atoms with Gasteiger partial charge in [0.05, 0.1) is 18.7 Å². The van der Waals surface area contributed by atoms with Crippen LogP contribution in [-0.2, 0) is 6.54 Å². The smallest absolute Gasteiger partial charge is 0.174 e. The van der Waals surface area contributed by atoms with Crippen LogP contribution in [0.1, 0.15) is 32.3 Å². The molecule has 3 nitrogen and oxygen atoms in total. The van der Waals surface area contributed by atoms with Crippen LogP contribution in [-0.4, -0.2) is 20.3 Å². The van der Waals surface area contributed by atoms with Gasteiger partial charge in [0.1, 0.15) is 0 Å². The lowest BCUT2D eigenvalue weighted by Crippen LogP contribution is -2.27. The van der Waals surface area contributed by atoms with Crippen LogP contribution in [0.5, 0.6) is 11.5 Å². The SMILES string of the molecule is CCC(CC)NCc1cc(Br)c(OC)c(OC)c1. The highest BCUT2D eigenvalue weighted by atomic mass is 79.9. The number of nitrogens with one attached hydrogen (secondary N) is 1. The number of rotatable bonds is 7. The zero-order valence-corrected chi connectivity index (χ0v) is 13.1. The fraction of sp³-hybridized carbons (Fsp3) is 0.571. The Bertz CT molecular complexity index is 378. The van der Waals surface area contributed by atoms with Gasteiger partial charge in [0.2, 0.25) is 0 Å². The molecule has 102 valence electrons. The molecule has 0 heterocycles. The third kappa shape index (κ3) is 3.89. The molecule has 18 heavy (non-hydrogen) atoms. The average molecular weight is 316 g/mol. The lowest BCUT2D eigenvalue weighted by Gasteiger charge is -2.16. The van der Waals surface area contributed by atoms with Gasteiger partial charge in [-0.1, -0.05) is 13.8 Å². The minimum Gasteiger partial charge on any atom is -0.493 e. The van der Waals surface area contributed by atoms with Crippen molar-refractivity contribution in [3.05, 3.63) is 22.2 Å². The Hall–Kier alpha value is -0.740. The van der Waals surface area contributed by atoms with Gasteiger partial charge in [-0.15, -0.1) is 0 Å². The van der Waals surface area contributed by atoms with E-state index in [1.807, 2.05) is 6.07 Å². The molecule has 0 radical (unpaired) electrons. The van der Waals surface area contributed by atoms with Gasteiger partial charge in [0, 0.05) is 12.6 Å². The molecular formula is C14H22BrNO2. The molecule has 1 aromatic rings. The van der Waals surface area contributed by atoms with Crippen molar-refractivity contribution in [2.75, 3.05) is 14.2 Å². The molecule has 0 aliphatic rings. The predicted molar refractivity (Wildman–Crippen MR) is 78.5 cm³/mol. The summed E-state index contributed by atoms with van der Waals surface area (Å²) in [5.74, 6) is 1.50. The molecule has 0 spiro atoms. The Morgan fingerprint density at radius 1 is 1.17 bits per heavy atom. The fourth-order valence-corrected chi connectivity index (χ4v) is 2.56.